The van der Waals surface area contributed by atoms with Crippen LogP contribution in [0.1, 0.15) is 16.1 Å². The molecule has 0 spiro atoms. The Balaban J connectivity index is 1.70. The second-order valence-corrected chi connectivity index (χ2v) is 6.57. The second-order valence-electron chi connectivity index (χ2n) is 5.39. The molecule has 0 atom stereocenters. The largest absolute Gasteiger partial charge is 0.366 e. The predicted octanol–water partition coefficient (Wildman–Crippen LogP) is 3.10. The Labute approximate surface area is 133 Å². The van der Waals surface area contributed by atoms with Gasteiger partial charge in [0.25, 0.3) is 0 Å². The van der Waals surface area contributed by atoms with E-state index >= 15 is 0 Å². The first-order chi connectivity index (χ1) is 10.6. The third kappa shape index (κ3) is 2.77. The molecule has 0 amide bonds. The number of nitrogens with zero attached hydrogens (tertiary/aromatic N) is 4. The van der Waals surface area contributed by atoms with E-state index in [0.29, 0.717) is 11.3 Å². The Morgan fingerprint density at radius 3 is 2.41 bits per heavy atom. The molecule has 0 aliphatic carbocycles. The van der Waals surface area contributed by atoms with Gasteiger partial charge in [0.15, 0.2) is 5.13 Å². The van der Waals surface area contributed by atoms with Gasteiger partial charge in [-0.15, -0.1) is 11.3 Å². The zero-order valence-corrected chi connectivity index (χ0v) is 13.5. The van der Waals surface area contributed by atoms with Gasteiger partial charge in [0.1, 0.15) is 5.82 Å². The number of halogens is 1. The van der Waals surface area contributed by atoms with Crippen LogP contribution in [0.25, 0.3) is 0 Å². The number of anilines is 2. The Kier molecular flexibility index (Phi) is 3.99. The van der Waals surface area contributed by atoms with Crippen LogP contribution in [0.3, 0.4) is 0 Å². The van der Waals surface area contributed by atoms with Crippen LogP contribution in [0.4, 0.5) is 15.2 Å². The van der Waals surface area contributed by atoms with Crippen molar-refractivity contribution in [2.75, 3.05) is 36.0 Å². The summed E-state index contributed by atoms with van der Waals surface area (Å²) in [5.74, 6) is -0.326. The molecule has 1 aliphatic rings. The van der Waals surface area contributed by atoms with Crippen molar-refractivity contribution in [2.45, 2.75) is 13.8 Å². The number of benzene rings is 1. The van der Waals surface area contributed by atoms with E-state index < -0.39 is 0 Å². The molecule has 1 aliphatic heterocycles. The van der Waals surface area contributed by atoms with Crippen LogP contribution in [-0.4, -0.2) is 31.2 Å². The highest BCUT2D eigenvalue weighted by Crippen LogP contribution is 2.28. The second kappa shape index (κ2) is 5.93. The van der Waals surface area contributed by atoms with E-state index in [9.17, 15) is 4.39 Å². The average Bonchev–Trinajstić information content (AvgIpc) is 2.87. The molecule has 1 aromatic carbocycles. The molecule has 0 radical (unpaired) electrons. The van der Waals surface area contributed by atoms with Crippen LogP contribution in [0.2, 0.25) is 0 Å². The Morgan fingerprint density at radius 2 is 1.86 bits per heavy atom. The number of piperazine rings is 1. The molecule has 3 rings (SSSR count). The van der Waals surface area contributed by atoms with Crippen molar-refractivity contribution in [2.24, 2.45) is 0 Å². The molecule has 2 aromatic rings. The summed E-state index contributed by atoms with van der Waals surface area (Å²) in [4.78, 5) is 10.1. The third-order valence-corrected chi connectivity index (χ3v) is 5.12. The van der Waals surface area contributed by atoms with Gasteiger partial charge in [-0.3, -0.25) is 0 Å². The monoisotopic (exact) mass is 316 g/mol. The minimum absolute atomic E-state index is 0.326. The van der Waals surface area contributed by atoms with Gasteiger partial charge in [0, 0.05) is 31.1 Å². The van der Waals surface area contributed by atoms with E-state index in [1.807, 2.05) is 17.9 Å². The Morgan fingerprint density at radius 1 is 1.18 bits per heavy atom. The van der Waals surface area contributed by atoms with Crippen molar-refractivity contribution < 1.29 is 4.39 Å². The molecule has 1 aromatic heterocycles. The molecule has 6 heteroatoms. The first-order valence-corrected chi connectivity index (χ1v) is 8.03. The fourth-order valence-corrected chi connectivity index (χ4v) is 3.52. The molecular weight excluding hydrogens is 299 g/mol. The van der Waals surface area contributed by atoms with E-state index in [0.717, 1.165) is 37.0 Å². The number of aryl methyl sites for hydroxylation is 2. The molecule has 2 heterocycles. The van der Waals surface area contributed by atoms with Crippen molar-refractivity contribution in [3.05, 3.63) is 40.2 Å². The molecule has 0 bridgehead atoms. The van der Waals surface area contributed by atoms with Gasteiger partial charge in [-0.25, -0.2) is 9.37 Å². The maximum atomic E-state index is 14.1. The minimum atomic E-state index is -0.326. The maximum absolute atomic E-state index is 14.1. The third-order valence-electron chi connectivity index (χ3n) is 3.98. The SMILES string of the molecule is Cc1nc(N2CCN(c3ccc(C#N)cc3F)CC2)sc1C. The highest BCUT2D eigenvalue weighted by atomic mass is 32.1. The smallest absolute Gasteiger partial charge is 0.185 e. The number of nitriles is 1. The minimum Gasteiger partial charge on any atom is -0.366 e. The van der Waals surface area contributed by atoms with Gasteiger partial charge in [0.05, 0.1) is 23.0 Å². The van der Waals surface area contributed by atoms with Crippen molar-refractivity contribution in [1.82, 2.24) is 4.98 Å². The topological polar surface area (TPSA) is 43.2 Å². The molecule has 22 heavy (non-hydrogen) atoms. The van der Waals surface area contributed by atoms with Gasteiger partial charge in [-0.1, -0.05) is 0 Å². The standard InChI is InChI=1S/C16H17FN4S/c1-11-12(2)22-16(19-11)21-7-5-20(6-8-21)15-4-3-13(10-18)9-14(15)17/h3-4,9H,5-8H2,1-2H3. The summed E-state index contributed by atoms with van der Waals surface area (Å²) in [5, 5.41) is 9.86. The summed E-state index contributed by atoms with van der Waals surface area (Å²) >= 11 is 1.71. The summed E-state index contributed by atoms with van der Waals surface area (Å²) in [5.41, 5.74) is 2.01. The highest BCUT2D eigenvalue weighted by Gasteiger charge is 2.22. The van der Waals surface area contributed by atoms with E-state index in [4.69, 9.17) is 5.26 Å². The molecular formula is C16H17FN4S. The van der Waals surface area contributed by atoms with Gasteiger partial charge >= 0.3 is 0 Å². The summed E-state index contributed by atoms with van der Waals surface area (Å²) in [7, 11) is 0. The zero-order valence-electron chi connectivity index (χ0n) is 12.6. The summed E-state index contributed by atoms with van der Waals surface area (Å²) in [6, 6.07) is 6.62. The molecule has 1 fully saturated rings. The summed E-state index contributed by atoms with van der Waals surface area (Å²) < 4.78 is 14.1. The van der Waals surface area contributed by atoms with Crippen LogP contribution in [0.15, 0.2) is 18.2 Å². The highest BCUT2D eigenvalue weighted by molar-refractivity contribution is 7.15. The van der Waals surface area contributed by atoms with Gasteiger partial charge in [-0.05, 0) is 32.0 Å². The van der Waals surface area contributed by atoms with Gasteiger partial charge < -0.3 is 9.80 Å². The van der Waals surface area contributed by atoms with E-state index in [1.54, 1.807) is 23.5 Å². The molecule has 0 N–H and O–H groups in total. The van der Waals surface area contributed by atoms with Crippen LogP contribution in [-0.2, 0) is 0 Å². The van der Waals surface area contributed by atoms with Crippen LogP contribution in [0.5, 0.6) is 0 Å². The fourth-order valence-electron chi connectivity index (χ4n) is 2.56. The molecule has 1 saturated heterocycles. The van der Waals surface area contributed by atoms with E-state index in [1.165, 1.54) is 10.9 Å². The zero-order chi connectivity index (χ0) is 15.7. The predicted molar refractivity (Wildman–Crippen MR) is 87.1 cm³/mol. The molecule has 4 nitrogen and oxygen atoms in total. The van der Waals surface area contributed by atoms with E-state index in [-0.39, 0.29) is 5.82 Å². The number of hydrogen-bond donors (Lipinski definition) is 0. The van der Waals surface area contributed by atoms with Crippen LogP contribution >= 0.6 is 11.3 Å². The summed E-state index contributed by atoms with van der Waals surface area (Å²) in [6.07, 6.45) is 0. The van der Waals surface area contributed by atoms with Crippen LogP contribution < -0.4 is 9.80 Å². The van der Waals surface area contributed by atoms with Crippen LogP contribution in [0, 0.1) is 31.0 Å². The Bertz CT molecular complexity index is 707. The summed E-state index contributed by atoms with van der Waals surface area (Å²) in [6.45, 7) is 7.26. The van der Waals surface area contributed by atoms with E-state index in [2.05, 4.69) is 16.8 Å². The first-order valence-electron chi connectivity index (χ1n) is 7.22. The lowest BCUT2D eigenvalue weighted by molar-refractivity contribution is 0.597. The molecule has 0 unspecified atom stereocenters. The van der Waals surface area contributed by atoms with Crippen molar-refractivity contribution in [3.63, 3.8) is 0 Å². The number of thiazole rings is 1. The van der Waals surface area contributed by atoms with Crippen molar-refractivity contribution in [1.29, 1.82) is 5.26 Å². The lowest BCUT2D eigenvalue weighted by Crippen LogP contribution is -2.46. The lowest BCUT2D eigenvalue weighted by Gasteiger charge is -2.36. The number of rotatable bonds is 2. The normalized spacial score (nSPS) is 15.0. The first kappa shape index (κ1) is 14.8. The van der Waals surface area contributed by atoms with Gasteiger partial charge in [0.2, 0.25) is 0 Å². The molecule has 0 saturated carbocycles. The number of hydrogen-bond acceptors (Lipinski definition) is 5. The van der Waals surface area contributed by atoms with Crippen molar-refractivity contribution >= 4 is 22.2 Å². The fraction of sp³-hybridized carbons (Fsp3) is 0.375. The average molecular weight is 316 g/mol. The maximum Gasteiger partial charge on any atom is 0.185 e. The van der Waals surface area contributed by atoms with Crippen molar-refractivity contribution in [3.8, 4) is 6.07 Å². The molecule has 114 valence electrons. The quantitative estimate of drug-likeness (QED) is 0.854. The number of aromatic nitrogens is 1. The Hall–Kier alpha value is -2.13. The lowest BCUT2D eigenvalue weighted by atomic mass is 10.2. The van der Waals surface area contributed by atoms with Gasteiger partial charge in [-0.2, -0.15) is 5.26 Å².